The molecule has 0 heterocycles. The number of amides is 4. The van der Waals surface area contributed by atoms with Crippen LogP contribution in [0.2, 0.25) is 0 Å². The summed E-state index contributed by atoms with van der Waals surface area (Å²) in [7, 11) is 1.79. The van der Waals surface area contributed by atoms with E-state index in [1.54, 1.807) is 7.05 Å². The average molecular weight is 909 g/mol. The molecular weight excluding hydrogens is 832 g/mol. The van der Waals surface area contributed by atoms with Crippen molar-refractivity contribution in [1.29, 1.82) is 0 Å². The number of quaternary nitrogens is 5. The Bertz CT molecular complexity index is 1420. The maximum absolute atomic E-state index is 13.0. The number of carboxylic acid groups (broad SMARTS) is 5. The van der Waals surface area contributed by atoms with Gasteiger partial charge in [-0.1, -0.05) is 0 Å². The van der Waals surface area contributed by atoms with Crippen LogP contribution in [-0.2, 0) is 43.2 Å². The third-order valence-electron chi connectivity index (χ3n) is 8.79. The van der Waals surface area contributed by atoms with Gasteiger partial charge in [0.2, 0.25) is 23.6 Å². The largest absolute Gasteiger partial charge is 0.545 e. The van der Waals surface area contributed by atoms with Crippen LogP contribution >= 0.6 is 0 Å². The van der Waals surface area contributed by atoms with Crippen molar-refractivity contribution in [2.24, 2.45) is 0 Å². The van der Waals surface area contributed by atoms with E-state index in [1.807, 2.05) is 0 Å². The van der Waals surface area contributed by atoms with E-state index in [2.05, 4.69) is 55.3 Å². The first-order valence-corrected chi connectivity index (χ1v) is 21.2. The quantitative estimate of drug-likeness (QED) is 0.0211. The van der Waals surface area contributed by atoms with Crippen LogP contribution in [0.25, 0.3) is 0 Å². The number of carbonyl (C=O) groups excluding carboxylic acids is 5. The summed E-state index contributed by atoms with van der Waals surface area (Å²) in [5.74, 6) is -8.75. The monoisotopic (exact) mass is 909 g/mol. The molecule has 0 aromatic rings. The topological polar surface area (TPSA) is 456 Å². The van der Waals surface area contributed by atoms with E-state index in [1.165, 1.54) is 0 Å². The van der Waals surface area contributed by atoms with Crippen LogP contribution in [0.15, 0.2) is 24.3 Å². The second-order valence-corrected chi connectivity index (χ2v) is 14.3. The first kappa shape index (κ1) is 61.8. The summed E-state index contributed by atoms with van der Waals surface area (Å²) in [4.78, 5) is 104. The van der Waals surface area contributed by atoms with Gasteiger partial charge < -0.3 is 85.6 Å². The minimum atomic E-state index is -1.51. The van der Waals surface area contributed by atoms with Crippen molar-refractivity contribution in [2.45, 2.75) is 127 Å². The van der Waals surface area contributed by atoms with Crippen LogP contribution < -0.4 is 60.4 Å². The lowest BCUT2D eigenvalue weighted by Crippen LogP contribution is -2.64. The summed E-state index contributed by atoms with van der Waals surface area (Å²) >= 11 is 0. The summed E-state index contributed by atoms with van der Waals surface area (Å²) in [5, 5.41) is 57.7. The van der Waals surface area contributed by atoms with E-state index in [9.17, 15) is 58.5 Å². The molecule has 0 rings (SSSR count). The van der Waals surface area contributed by atoms with Gasteiger partial charge in [-0.15, -0.1) is 0 Å². The number of hydrogen-bond acceptors (Lipinski definition) is 11. The van der Waals surface area contributed by atoms with Crippen LogP contribution in [-0.4, -0.2) is 144 Å². The number of rotatable bonds is 34. The Morgan fingerprint density at radius 2 is 0.825 bits per heavy atom. The Morgan fingerprint density at radius 3 is 1.11 bits per heavy atom. The molecule has 0 radical (unpaired) electrons. The van der Waals surface area contributed by atoms with E-state index < -0.39 is 83.7 Å². The summed E-state index contributed by atoms with van der Waals surface area (Å²) in [6, 6.07) is -4.73. The fraction of sp³-hybridized carbons (Fsp3) is 0.667. The number of unbranched alkanes of at least 4 members (excludes halogenated alkanes) is 5. The van der Waals surface area contributed by atoms with Crippen molar-refractivity contribution >= 4 is 53.5 Å². The van der Waals surface area contributed by atoms with Crippen molar-refractivity contribution in [3.8, 4) is 0 Å². The van der Waals surface area contributed by atoms with Gasteiger partial charge in [-0.25, -0.2) is 19.2 Å². The fourth-order valence-corrected chi connectivity index (χ4v) is 5.24. The molecule has 0 bridgehead atoms. The maximum Gasteiger partial charge on any atom is 0.362 e. The second kappa shape index (κ2) is 40.5. The molecule has 0 saturated carbocycles. The smallest absolute Gasteiger partial charge is 0.362 e. The molecule has 0 saturated heterocycles. The molecule has 0 aliphatic rings. The predicted octanol–water partition coefficient (Wildman–Crippen LogP) is -7.25. The Morgan fingerprint density at radius 1 is 0.476 bits per heavy atom. The number of carbonyl (C=O) groups is 9. The Balaban J connectivity index is -0.00000164. The standard InChI is InChI=1S/C29H54N8O8.C6H14N2O2.C4H4O4/c1-33-19-9-5-13-23(29(44)45)37-27(41)21(11-3-7-17-31)35-25(39)15-14-24(38)34-20(10-2-6-16-30)26(40)36-22(28(42)43)12-4-8-18-32;7-4-2-1-3-5(8)6(9)10;5-3(6)1-2-4(7)8/h14-15,20-23,33H,2-13,16-19,30-32H2,1H3,(H,34,38)(H,35,39)(H,36,40)(H,37,41)(H,42,43)(H,44,45);5H,1-4,7-8H2,(H,9,10);1-2H,(H,5,6)(H,7,8)/p+4/b15-14-;;2-1-. The normalized spacial score (nSPS) is 13.1. The molecule has 5 unspecified atom stereocenters. The molecule has 0 spiro atoms. The van der Waals surface area contributed by atoms with Crippen LogP contribution in [0.5, 0.6) is 0 Å². The first-order chi connectivity index (χ1) is 29.8. The van der Waals surface area contributed by atoms with Gasteiger partial charge in [0.25, 0.3) is 0 Å². The summed E-state index contributed by atoms with van der Waals surface area (Å²) in [6.45, 7) is 3.49. The van der Waals surface area contributed by atoms with Gasteiger partial charge in [-0.3, -0.25) is 19.2 Å². The highest BCUT2D eigenvalue weighted by Crippen LogP contribution is 2.07. The molecule has 63 heavy (non-hydrogen) atoms. The Hall–Kier alpha value is -5.53. The minimum Gasteiger partial charge on any atom is -0.545 e. The SMILES string of the molecule is CNCCCCC(NC(=O)C(CCCC[NH3+])NC(=O)/C=C\C(=O)NC(CCCC[NH3+])C(=O)NC(CCCC[NH3+])C(=O)O)C(=O)O.O=C([O-])/C=C\C(=O)O.[NH3+]CCCCC([NH3+])C(=O)O. The van der Waals surface area contributed by atoms with Gasteiger partial charge in [0.05, 0.1) is 32.1 Å². The zero-order chi connectivity index (χ0) is 48.6. The van der Waals surface area contributed by atoms with E-state index >= 15 is 0 Å². The molecule has 0 aliphatic heterocycles. The molecule has 0 aliphatic carbocycles. The van der Waals surface area contributed by atoms with E-state index in [4.69, 9.17) is 10.2 Å². The van der Waals surface area contributed by atoms with Gasteiger partial charge in [0.1, 0.15) is 24.2 Å². The zero-order valence-electron chi connectivity index (χ0n) is 36.7. The van der Waals surface area contributed by atoms with E-state index in [0.717, 1.165) is 38.0 Å². The molecule has 4 amide bonds. The van der Waals surface area contributed by atoms with E-state index in [0.29, 0.717) is 89.7 Å². The number of aliphatic carboxylic acids is 5. The lowest BCUT2D eigenvalue weighted by atomic mass is 10.1. The summed E-state index contributed by atoms with van der Waals surface area (Å²) in [5.41, 5.74) is 18.4. The number of carboxylic acids is 5. The Kier molecular flexibility index (Phi) is 39.7. The summed E-state index contributed by atoms with van der Waals surface area (Å²) in [6.07, 6.45) is 11.4. The molecule has 0 aromatic heterocycles. The third kappa shape index (κ3) is 37.9. The molecule has 0 fully saturated rings. The van der Waals surface area contributed by atoms with Gasteiger partial charge >= 0.3 is 23.9 Å². The van der Waals surface area contributed by atoms with Crippen LogP contribution in [0.3, 0.4) is 0 Å². The van der Waals surface area contributed by atoms with Gasteiger partial charge in [0, 0.05) is 24.6 Å². The molecule has 24 nitrogen and oxygen atoms in total. The third-order valence-corrected chi connectivity index (χ3v) is 8.79. The van der Waals surface area contributed by atoms with Gasteiger partial charge in [-0.05, 0) is 110 Å². The van der Waals surface area contributed by atoms with Crippen LogP contribution in [0, 0.1) is 0 Å². The van der Waals surface area contributed by atoms with E-state index in [-0.39, 0.29) is 25.7 Å². The van der Waals surface area contributed by atoms with Gasteiger partial charge in [-0.2, -0.15) is 0 Å². The zero-order valence-corrected chi connectivity index (χ0v) is 36.7. The first-order valence-electron chi connectivity index (χ1n) is 21.2. The average Bonchev–Trinajstić information content (AvgIpc) is 3.22. The minimum absolute atomic E-state index is 0.225. The van der Waals surface area contributed by atoms with Crippen LogP contribution in [0.4, 0.5) is 0 Å². The highest BCUT2D eigenvalue weighted by Gasteiger charge is 2.27. The fourth-order valence-electron chi connectivity index (χ4n) is 5.24. The van der Waals surface area contributed by atoms with Crippen molar-refractivity contribution in [3.05, 3.63) is 24.3 Å². The van der Waals surface area contributed by atoms with Gasteiger partial charge in [0.15, 0.2) is 6.04 Å². The molecule has 362 valence electrons. The molecule has 5 atom stereocenters. The Labute approximate surface area is 367 Å². The van der Waals surface area contributed by atoms with Crippen LogP contribution in [0.1, 0.15) is 96.3 Å². The van der Waals surface area contributed by atoms with Crippen molar-refractivity contribution in [2.75, 3.05) is 39.8 Å². The lowest BCUT2D eigenvalue weighted by Gasteiger charge is -2.21. The second-order valence-electron chi connectivity index (χ2n) is 14.3. The van der Waals surface area contributed by atoms with Crippen molar-refractivity contribution in [1.82, 2.24) is 26.6 Å². The van der Waals surface area contributed by atoms with Crippen molar-refractivity contribution < 1.29 is 97.4 Å². The summed E-state index contributed by atoms with van der Waals surface area (Å²) < 4.78 is 0. The lowest BCUT2D eigenvalue weighted by molar-refractivity contribution is -0.410. The molecule has 24 heteroatoms. The molecule has 24 N–H and O–H groups in total. The highest BCUT2D eigenvalue weighted by molar-refractivity contribution is 6.00. The maximum atomic E-state index is 13.0. The number of hydrogen-bond donors (Lipinski definition) is 14. The predicted molar refractivity (Wildman–Crippen MR) is 222 cm³/mol. The highest BCUT2D eigenvalue weighted by atomic mass is 16.4. The van der Waals surface area contributed by atoms with Crippen molar-refractivity contribution in [3.63, 3.8) is 0 Å². The molecular formula is C39H76N10O14+4. The molecule has 0 aromatic carbocycles. The number of nitrogens with one attached hydrogen (secondary N) is 5.